The molecule has 4 heterocycles. The molecule has 0 fully saturated rings. The molecule has 174 valence electrons. The van der Waals surface area contributed by atoms with E-state index in [9.17, 15) is 13.2 Å². The number of hydrogen-bond acceptors (Lipinski definition) is 4. The monoisotopic (exact) mass is 464 g/mol. The summed E-state index contributed by atoms with van der Waals surface area (Å²) < 4.78 is 43.5. The third-order valence-electron chi connectivity index (χ3n) is 5.95. The Kier molecular flexibility index (Phi) is 5.47. The number of pyridine rings is 1. The van der Waals surface area contributed by atoms with E-state index in [1.165, 1.54) is 12.1 Å². The van der Waals surface area contributed by atoms with Gasteiger partial charge in [-0.2, -0.15) is 9.61 Å². The number of aryl methyl sites for hydroxylation is 1. The molecule has 2 N–H and O–H groups in total. The Bertz CT molecular complexity index is 1520. The van der Waals surface area contributed by atoms with Crippen LogP contribution in [0.25, 0.3) is 27.8 Å². The Hall–Kier alpha value is -3.88. The Morgan fingerprint density at radius 3 is 2.62 bits per heavy atom. The predicted octanol–water partition coefficient (Wildman–Crippen LogP) is 5.78. The molecule has 0 aliphatic heterocycles. The van der Waals surface area contributed by atoms with E-state index in [1.807, 2.05) is 6.92 Å². The molecule has 0 amide bonds. The second-order valence-corrected chi connectivity index (χ2v) is 8.62. The van der Waals surface area contributed by atoms with Gasteiger partial charge in [-0.15, -0.1) is 0 Å². The van der Waals surface area contributed by atoms with Crippen LogP contribution in [0.1, 0.15) is 36.6 Å². The van der Waals surface area contributed by atoms with E-state index in [-0.39, 0.29) is 5.92 Å². The van der Waals surface area contributed by atoms with Crippen LogP contribution in [-0.4, -0.2) is 31.1 Å². The van der Waals surface area contributed by atoms with Gasteiger partial charge in [0.1, 0.15) is 23.3 Å². The molecule has 9 heteroatoms. The van der Waals surface area contributed by atoms with E-state index in [2.05, 4.69) is 34.2 Å². The zero-order valence-electron chi connectivity index (χ0n) is 19.0. The lowest BCUT2D eigenvalue weighted by atomic mass is 10.1. The summed E-state index contributed by atoms with van der Waals surface area (Å²) in [6.45, 7) is 6.43. The van der Waals surface area contributed by atoms with Crippen molar-refractivity contribution in [3.63, 3.8) is 0 Å². The third-order valence-corrected chi connectivity index (χ3v) is 5.95. The maximum absolute atomic E-state index is 14.2. The summed E-state index contributed by atoms with van der Waals surface area (Å²) in [4.78, 5) is 11.7. The molecule has 0 aliphatic carbocycles. The van der Waals surface area contributed by atoms with E-state index >= 15 is 0 Å². The first-order valence-electron chi connectivity index (χ1n) is 11.0. The topological polar surface area (TPSA) is 70.9 Å². The SMILES string of the molecule is Cc1[nH]c2c(F)cc(F)cc2c1CCNc1cc(-c2cncc(F)c2)nc2c(C(C)C)cnn12. The molecule has 5 rings (SSSR count). The number of nitrogens with one attached hydrogen (secondary N) is 2. The van der Waals surface area contributed by atoms with Crippen LogP contribution in [-0.2, 0) is 6.42 Å². The van der Waals surface area contributed by atoms with Gasteiger partial charge in [0.15, 0.2) is 5.65 Å². The van der Waals surface area contributed by atoms with Crippen LogP contribution in [0.2, 0.25) is 0 Å². The van der Waals surface area contributed by atoms with Crippen LogP contribution in [0.15, 0.2) is 42.9 Å². The summed E-state index contributed by atoms with van der Waals surface area (Å²) >= 11 is 0. The zero-order chi connectivity index (χ0) is 24.0. The lowest BCUT2D eigenvalue weighted by Crippen LogP contribution is -2.10. The molecule has 0 saturated heterocycles. The van der Waals surface area contributed by atoms with E-state index in [4.69, 9.17) is 4.98 Å². The lowest BCUT2D eigenvalue weighted by Gasteiger charge is -2.12. The van der Waals surface area contributed by atoms with E-state index < -0.39 is 17.5 Å². The second kappa shape index (κ2) is 8.48. The number of nitrogens with zero attached hydrogens (tertiary/aromatic N) is 4. The third kappa shape index (κ3) is 3.87. The summed E-state index contributed by atoms with van der Waals surface area (Å²) in [7, 11) is 0. The van der Waals surface area contributed by atoms with Crippen LogP contribution in [0.4, 0.5) is 19.0 Å². The van der Waals surface area contributed by atoms with Crippen molar-refractivity contribution >= 4 is 22.4 Å². The van der Waals surface area contributed by atoms with Gasteiger partial charge in [-0.1, -0.05) is 13.8 Å². The van der Waals surface area contributed by atoms with Crippen molar-refractivity contribution in [1.29, 1.82) is 0 Å². The normalized spacial score (nSPS) is 11.7. The minimum atomic E-state index is -0.612. The van der Waals surface area contributed by atoms with Gasteiger partial charge >= 0.3 is 0 Å². The Balaban J connectivity index is 1.50. The Morgan fingerprint density at radius 1 is 1.03 bits per heavy atom. The minimum absolute atomic E-state index is 0.192. The number of halogens is 3. The number of aromatic nitrogens is 5. The van der Waals surface area contributed by atoms with Gasteiger partial charge in [-0.05, 0) is 37.0 Å². The summed E-state index contributed by atoms with van der Waals surface area (Å²) in [6, 6.07) is 5.40. The molecule has 1 aromatic carbocycles. The fraction of sp³-hybridized carbons (Fsp3) is 0.240. The van der Waals surface area contributed by atoms with E-state index in [1.54, 1.807) is 23.0 Å². The van der Waals surface area contributed by atoms with Crippen LogP contribution in [0, 0.1) is 24.4 Å². The number of H-pyrrole nitrogens is 1. The average molecular weight is 464 g/mol. The van der Waals surface area contributed by atoms with Gasteiger partial charge in [0.05, 0.1) is 23.6 Å². The molecule has 34 heavy (non-hydrogen) atoms. The molecular formula is C25H23F3N6. The molecule has 0 saturated carbocycles. The number of aromatic amines is 1. The summed E-state index contributed by atoms with van der Waals surface area (Å²) in [5, 5.41) is 8.40. The first-order chi connectivity index (χ1) is 16.3. The van der Waals surface area contributed by atoms with Crippen molar-refractivity contribution in [3.8, 4) is 11.3 Å². The first-order valence-corrected chi connectivity index (χ1v) is 11.0. The van der Waals surface area contributed by atoms with Gasteiger partial charge < -0.3 is 10.3 Å². The number of benzene rings is 1. The highest BCUT2D eigenvalue weighted by atomic mass is 19.1. The predicted molar refractivity (Wildman–Crippen MR) is 125 cm³/mol. The van der Waals surface area contributed by atoms with Crippen LogP contribution in [0.5, 0.6) is 0 Å². The Labute approximate surface area is 193 Å². The van der Waals surface area contributed by atoms with Crippen LogP contribution < -0.4 is 5.32 Å². The van der Waals surface area contributed by atoms with Gasteiger partial charge in [0.2, 0.25) is 0 Å². The number of rotatable bonds is 6. The standard InChI is InChI=1S/C25H23F3N6/c1-13(2)20-12-31-34-23(9-22(33-25(20)34)15-6-17(27)11-29-10-15)30-5-4-18-14(3)32-24-19(18)7-16(26)8-21(24)28/h6-13,30,32H,4-5H2,1-3H3. The highest BCUT2D eigenvalue weighted by Gasteiger charge is 2.17. The van der Waals surface area contributed by atoms with Crippen molar-refractivity contribution in [1.82, 2.24) is 24.6 Å². The largest absolute Gasteiger partial charge is 0.370 e. The molecule has 0 spiro atoms. The molecule has 4 aromatic heterocycles. The number of anilines is 1. The molecule has 5 aromatic rings. The van der Waals surface area contributed by atoms with E-state index in [0.29, 0.717) is 46.6 Å². The Morgan fingerprint density at radius 2 is 1.85 bits per heavy atom. The fourth-order valence-electron chi connectivity index (χ4n) is 4.25. The summed E-state index contributed by atoms with van der Waals surface area (Å²) in [5.74, 6) is -0.802. The maximum Gasteiger partial charge on any atom is 0.161 e. The fourth-order valence-corrected chi connectivity index (χ4v) is 4.25. The molecule has 6 nitrogen and oxygen atoms in total. The second-order valence-electron chi connectivity index (χ2n) is 8.62. The van der Waals surface area contributed by atoms with Gasteiger partial charge in [0.25, 0.3) is 0 Å². The van der Waals surface area contributed by atoms with Crippen LogP contribution >= 0.6 is 0 Å². The molecule has 0 unspecified atom stereocenters. The van der Waals surface area contributed by atoms with Crippen molar-refractivity contribution in [2.45, 2.75) is 33.1 Å². The summed E-state index contributed by atoms with van der Waals surface area (Å²) in [5.41, 5.74) is 4.68. The highest BCUT2D eigenvalue weighted by molar-refractivity contribution is 5.85. The van der Waals surface area contributed by atoms with E-state index in [0.717, 1.165) is 29.1 Å². The maximum atomic E-state index is 14.2. The van der Waals surface area contributed by atoms with Gasteiger partial charge in [0, 0.05) is 47.1 Å². The molecule has 0 aliphatic rings. The number of fused-ring (bicyclic) bond motifs is 2. The minimum Gasteiger partial charge on any atom is -0.370 e. The molecular weight excluding hydrogens is 441 g/mol. The van der Waals surface area contributed by atoms with Gasteiger partial charge in [-0.3, -0.25) is 4.98 Å². The van der Waals surface area contributed by atoms with Crippen molar-refractivity contribution in [2.24, 2.45) is 0 Å². The molecule has 0 radical (unpaired) electrons. The number of hydrogen-bond donors (Lipinski definition) is 2. The van der Waals surface area contributed by atoms with Crippen LogP contribution in [0.3, 0.4) is 0 Å². The van der Waals surface area contributed by atoms with Crippen molar-refractivity contribution in [3.05, 3.63) is 77.1 Å². The van der Waals surface area contributed by atoms with Crippen molar-refractivity contribution in [2.75, 3.05) is 11.9 Å². The van der Waals surface area contributed by atoms with Crippen molar-refractivity contribution < 1.29 is 13.2 Å². The molecule has 0 atom stereocenters. The van der Waals surface area contributed by atoms with Gasteiger partial charge in [-0.25, -0.2) is 18.2 Å². The lowest BCUT2D eigenvalue weighted by molar-refractivity contribution is 0.591. The zero-order valence-corrected chi connectivity index (χ0v) is 19.0. The quantitative estimate of drug-likeness (QED) is 0.334. The average Bonchev–Trinajstić information content (AvgIpc) is 3.35. The molecule has 0 bridgehead atoms. The summed E-state index contributed by atoms with van der Waals surface area (Å²) in [6.07, 6.45) is 5.01. The smallest absolute Gasteiger partial charge is 0.161 e. The highest BCUT2D eigenvalue weighted by Crippen LogP contribution is 2.28. The first kappa shape index (κ1) is 21.9.